The molecule has 22 heavy (non-hydrogen) atoms. The topological polar surface area (TPSA) is 26.0 Å². The summed E-state index contributed by atoms with van der Waals surface area (Å²) < 4.78 is 0. The summed E-state index contributed by atoms with van der Waals surface area (Å²) in [5.74, 6) is 0. The molecular weight excluding hydrogens is 265 g/mol. The molecule has 0 bridgehead atoms. The van der Waals surface area contributed by atoms with E-state index in [9.17, 15) is 0 Å². The summed E-state index contributed by atoms with van der Waals surface area (Å²) in [5, 5.41) is 0. The molecule has 0 atom stereocenters. The maximum atomic E-state index is 4.85. The fraction of sp³-hybridized carbons (Fsp3) is 0.100. The molecule has 0 unspecified atom stereocenters. The van der Waals surface area contributed by atoms with Crippen molar-refractivity contribution in [2.45, 2.75) is 6.92 Å². The van der Waals surface area contributed by atoms with Gasteiger partial charge in [0.25, 0.3) is 0 Å². The Balaban J connectivity index is 0.000000545. The van der Waals surface area contributed by atoms with Crippen LogP contribution in [-0.4, -0.2) is 13.3 Å². The first-order chi connectivity index (χ1) is 10.9. The molecule has 0 aliphatic rings. The number of hydrogen-bond donors (Lipinski definition) is 1. The molecule has 0 heterocycles. The van der Waals surface area contributed by atoms with E-state index in [1.807, 2.05) is 6.92 Å². The van der Waals surface area contributed by atoms with Gasteiger partial charge in [0.05, 0.1) is 0 Å². The molecule has 1 nitrogen and oxygen atoms in total. The maximum Gasteiger partial charge on any atom is 0.241 e. The molecule has 0 aromatic heterocycles. The van der Waals surface area contributed by atoms with Crippen LogP contribution in [0.25, 0.3) is 0 Å². The van der Waals surface area contributed by atoms with Gasteiger partial charge >= 0.3 is 0 Å². The predicted octanol–water partition coefficient (Wildman–Crippen LogP) is 2.17. The lowest BCUT2D eigenvalue weighted by atomic mass is 9.37. The van der Waals surface area contributed by atoms with E-state index in [1.165, 1.54) is 16.4 Å². The van der Waals surface area contributed by atoms with E-state index in [1.54, 1.807) is 0 Å². The third kappa shape index (κ3) is 4.34. The van der Waals surface area contributed by atoms with Crippen molar-refractivity contribution in [2.24, 2.45) is 5.73 Å². The largest absolute Gasteiger partial charge is 0.331 e. The fourth-order valence-corrected chi connectivity index (χ4v) is 2.51. The molecule has 0 saturated carbocycles. The van der Waals surface area contributed by atoms with Gasteiger partial charge in [0.15, 0.2) is 0 Å². The van der Waals surface area contributed by atoms with Crippen molar-refractivity contribution in [3.05, 3.63) is 91.0 Å². The van der Waals surface area contributed by atoms with Crippen LogP contribution in [0.3, 0.4) is 0 Å². The highest BCUT2D eigenvalue weighted by Gasteiger charge is 2.20. The minimum atomic E-state index is 0.309. The lowest BCUT2D eigenvalue weighted by molar-refractivity contribution is 1.14. The summed E-state index contributed by atoms with van der Waals surface area (Å²) in [7, 11) is 0. The lowest BCUT2D eigenvalue weighted by Gasteiger charge is -2.15. The van der Waals surface area contributed by atoms with E-state index in [4.69, 9.17) is 5.73 Å². The van der Waals surface area contributed by atoms with E-state index >= 15 is 0 Å². The van der Waals surface area contributed by atoms with Gasteiger partial charge in [0, 0.05) is 0 Å². The molecule has 0 fully saturated rings. The van der Waals surface area contributed by atoms with E-state index < -0.39 is 0 Å². The van der Waals surface area contributed by atoms with Crippen LogP contribution >= 0.6 is 0 Å². The lowest BCUT2D eigenvalue weighted by Crippen LogP contribution is -2.51. The Morgan fingerprint density at radius 2 is 0.818 bits per heavy atom. The molecule has 0 amide bonds. The molecule has 2 heteroatoms. The molecule has 0 spiro atoms. The standard InChI is InChI=1S/C18H15B.C2H7N/c1-4-10-16(11-5-1)19(17-12-6-2-7-13-17)18-14-8-3-9-15-18;1-2-3/h1-15H;2-3H2,1H3. The average Bonchev–Trinajstić information content (AvgIpc) is 2.59. The Hall–Kier alpha value is -2.32. The molecule has 0 aliphatic carbocycles. The zero-order valence-electron chi connectivity index (χ0n) is 13.0. The van der Waals surface area contributed by atoms with Gasteiger partial charge in [-0.2, -0.15) is 0 Å². The molecule has 3 aromatic rings. The van der Waals surface area contributed by atoms with Crippen LogP contribution in [0.1, 0.15) is 6.92 Å². The van der Waals surface area contributed by atoms with Crippen LogP contribution in [0, 0.1) is 0 Å². The van der Waals surface area contributed by atoms with Gasteiger partial charge in [-0.15, -0.1) is 0 Å². The normalized spacial score (nSPS) is 9.55. The van der Waals surface area contributed by atoms with E-state index in [-0.39, 0.29) is 0 Å². The van der Waals surface area contributed by atoms with Gasteiger partial charge in [0.1, 0.15) is 0 Å². The van der Waals surface area contributed by atoms with Gasteiger partial charge < -0.3 is 5.73 Å². The SMILES string of the molecule is CCN.c1ccc(B(c2ccccc2)c2ccccc2)cc1. The Kier molecular flexibility index (Phi) is 6.47. The molecule has 0 saturated heterocycles. The van der Waals surface area contributed by atoms with Gasteiger partial charge in [-0.1, -0.05) is 114 Å². The monoisotopic (exact) mass is 287 g/mol. The first kappa shape index (κ1) is 16.1. The molecule has 3 rings (SSSR count). The second-order valence-electron chi connectivity index (χ2n) is 5.07. The first-order valence-corrected chi connectivity index (χ1v) is 7.71. The molecule has 0 radical (unpaired) electrons. The van der Waals surface area contributed by atoms with Gasteiger partial charge in [-0.25, -0.2) is 0 Å². The predicted molar refractivity (Wildman–Crippen MR) is 98.7 cm³/mol. The van der Waals surface area contributed by atoms with Crippen molar-refractivity contribution in [3.63, 3.8) is 0 Å². The van der Waals surface area contributed by atoms with Gasteiger partial charge in [0.2, 0.25) is 6.71 Å². The number of rotatable bonds is 3. The number of nitrogens with two attached hydrogens (primary N) is 1. The van der Waals surface area contributed by atoms with Crippen LogP contribution in [0.15, 0.2) is 91.0 Å². The van der Waals surface area contributed by atoms with Gasteiger partial charge in [-0.05, 0) is 6.54 Å². The van der Waals surface area contributed by atoms with Crippen molar-refractivity contribution in [3.8, 4) is 0 Å². The first-order valence-electron chi connectivity index (χ1n) is 7.71. The van der Waals surface area contributed by atoms with Crippen LogP contribution in [0.2, 0.25) is 0 Å². The fourth-order valence-electron chi connectivity index (χ4n) is 2.51. The molecule has 3 aromatic carbocycles. The van der Waals surface area contributed by atoms with E-state index in [0.29, 0.717) is 6.71 Å². The highest BCUT2D eigenvalue weighted by atomic mass is 14.5. The summed E-state index contributed by atoms with van der Waals surface area (Å²) in [6.07, 6.45) is 0. The third-order valence-electron chi connectivity index (χ3n) is 3.40. The summed E-state index contributed by atoms with van der Waals surface area (Å²) in [4.78, 5) is 0. The second kappa shape index (κ2) is 8.86. The highest BCUT2D eigenvalue weighted by Crippen LogP contribution is 1.95. The second-order valence-corrected chi connectivity index (χ2v) is 5.07. The summed E-state index contributed by atoms with van der Waals surface area (Å²) in [5.41, 5.74) is 8.85. The van der Waals surface area contributed by atoms with Crippen LogP contribution < -0.4 is 22.1 Å². The minimum absolute atomic E-state index is 0.309. The van der Waals surface area contributed by atoms with Crippen molar-refractivity contribution in [2.75, 3.05) is 6.54 Å². The van der Waals surface area contributed by atoms with Crippen LogP contribution in [0.4, 0.5) is 0 Å². The van der Waals surface area contributed by atoms with Crippen molar-refractivity contribution >= 4 is 23.1 Å². The molecule has 110 valence electrons. The molecular formula is C20H22BN. The Bertz CT molecular complexity index is 544. The zero-order valence-corrected chi connectivity index (χ0v) is 13.0. The molecule has 0 aliphatic heterocycles. The summed E-state index contributed by atoms with van der Waals surface area (Å²) in [6.45, 7) is 2.96. The maximum absolute atomic E-state index is 4.85. The van der Waals surface area contributed by atoms with Crippen molar-refractivity contribution < 1.29 is 0 Å². The Morgan fingerprint density at radius 3 is 1.05 bits per heavy atom. The summed E-state index contributed by atoms with van der Waals surface area (Å²) >= 11 is 0. The molecule has 2 N–H and O–H groups in total. The van der Waals surface area contributed by atoms with Crippen LogP contribution in [-0.2, 0) is 0 Å². The van der Waals surface area contributed by atoms with E-state index in [2.05, 4.69) is 91.0 Å². The Morgan fingerprint density at radius 1 is 0.591 bits per heavy atom. The number of hydrogen-bond acceptors (Lipinski definition) is 1. The van der Waals surface area contributed by atoms with Crippen LogP contribution in [0.5, 0.6) is 0 Å². The number of benzene rings is 3. The minimum Gasteiger partial charge on any atom is -0.331 e. The van der Waals surface area contributed by atoms with E-state index in [0.717, 1.165) is 6.54 Å². The Labute approximate surface area is 133 Å². The third-order valence-corrected chi connectivity index (χ3v) is 3.40. The average molecular weight is 287 g/mol. The smallest absolute Gasteiger partial charge is 0.241 e. The summed E-state index contributed by atoms with van der Waals surface area (Å²) in [6, 6.07) is 32.0. The highest BCUT2D eigenvalue weighted by molar-refractivity contribution is 6.95. The zero-order chi connectivity index (χ0) is 15.6. The van der Waals surface area contributed by atoms with Gasteiger partial charge in [-0.3, -0.25) is 0 Å². The van der Waals surface area contributed by atoms with Crippen molar-refractivity contribution in [1.29, 1.82) is 0 Å². The van der Waals surface area contributed by atoms with Crippen molar-refractivity contribution in [1.82, 2.24) is 0 Å². The quantitative estimate of drug-likeness (QED) is 0.734.